The Hall–Kier alpha value is -1.62. The van der Waals surface area contributed by atoms with Crippen LogP contribution in [-0.2, 0) is 4.79 Å². The van der Waals surface area contributed by atoms with E-state index in [1.165, 1.54) is 18.2 Å². The lowest BCUT2D eigenvalue weighted by Crippen LogP contribution is -2.03. The summed E-state index contributed by atoms with van der Waals surface area (Å²) in [6, 6.07) is 3.95. The summed E-state index contributed by atoms with van der Waals surface area (Å²) in [6.07, 6.45) is 1.94. The van der Waals surface area contributed by atoms with Crippen LogP contribution in [0, 0.1) is 0 Å². The fourth-order valence-corrected chi connectivity index (χ4v) is 1.19. The van der Waals surface area contributed by atoms with Crippen LogP contribution in [0.5, 0.6) is 5.75 Å². The Kier molecular flexibility index (Phi) is 4.25. The lowest BCUT2D eigenvalue weighted by atomic mass is 10.2. The molecule has 0 fully saturated rings. The normalized spacial score (nSPS) is 11.0. The number of aliphatic carboxylic acids is 1. The first-order chi connectivity index (χ1) is 7.49. The molecule has 1 N–H and O–H groups in total. The molecule has 16 heavy (non-hydrogen) atoms. The second-order valence-electron chi connectivity index (χ2n) is 2.73. The Bertz CT molecular complexity index is 419. The van der Waals surface area contributed by atoms with E-state index in [4.69, 9.17) is 16.7 Å². The fourth-order valence-electron chi connectivity index (χ4n) is 1.01. The lowest BCUT2D eigenvalue weighted by molar-refractivity contribution is -0.131. The van der Waals surface area contributed by atoms with Gasteiger partial charge in [0.1, 0.15) is 5.75 Å². The molecule has 0 bridgehead atoms. The van der Waals surface area contributed by atoms with Crippen LogP contribution < -0.4 is 4.74 Å². The lowest BCUT2D eigenvalue weighted by Gasteiger charge is -2.07. The van der Waals surface area contributed by atoms with Crippen LogP contribution in [0.1, 0.15) is 5.56 Å². The highest BCUT2D eigenvalue weighted by molar-refractivity contribution is 6.30. The molecule has 0 aliphatic rings. The van der Waals surface area contributed by atoms with Crippen LogP contribution in [0.2, 0.25) is 5.02 Å². The van der Waals surface area contributed by atoms with Crippen molar-refractivity contribution in [1.82, 2.24) is 0 Å². The number of benzene rings is 1. The minimum Gasteiger partial charge on any atom is -0.478 e. The van der Waals surface area contributed by atoms with Crippen molar-refractivity contribution >= 4 is 23.6 Å². The number of ether oxygens (including phenoxy) is 1. The zero-order valence-electron chi connectivity index (χ0n) is 7.86. The molecule has 0 heterocycles. The molecule has 0 amide bonds. The average molecular weight is 249 g/mol. The van der Waals surface area contributed by atoms with Gasteiger partial charge in [0.15, 0.2) is 0 Å². The van der Waals surface area contributed by atoms with E-state index in [9.17, 15) is 13.6 Å². The molecule has 0 unspecified atom stereocenters. The van der Waals surface area contributed by atoms with Gasteiger partial charge in [-0.15, -0.1) is 0 Å². The van der Waals surface area contributed by atoms with Crippen molar-refractivity contribution in [2.45, 2.75) is 6.61 Å². The van der Waals surface area contributed by atoms with Gasteiger partial charge in [-0.3, -0.25) is 0 Å². The van der Waals surface area contributed by atoms with Crippen LogP contribution in [0.3, 0.4) is 0 Å². The molecule has 0 aliphatic carbocycles. The van der Waals surface area contributed by atoms with E-state index >= 15 is 0 Å². The quantitative estimate of drug-likeness (QED) is 0.833. The van der Waals surface area contributed by atoms with Crippen LogP contribution in [0.25, 0.3) is 6.08 Å². The van der Waals surface area contributed by atoms with E-state index in [2.05, 4.69) is 4.74 Å². The molecule has 0 aromatic heterocycles. The van der Waals surface area contributed by atoms with Gasteiger partial charge < -0.3 is 9.84 Å². The van der Waals surface area contributed by atoms with Gasteiger partial charge in [0.05, 0.1) is 0 Å². The highest BCUT2D eigenvalue weighted by atomic mass is 35.5. The van der Waals surface area contributed by atoms with E-state index in [0.717, 1.165) is 12.2 Å². The van der Waals surface area contributed by atoms with Crippen molar-refractivity contribution in [3.05, 3.63) is 34.9 Å². The van der Waals surface area contributed by atoms with Gasteiger partial charge in [0.2, 0.25) is 0 Å². The number of carboxylic acids is 1. The average Bonchev–Trinajstić information content (AvgIpc) is 2.17. The third-order valence-corrected chi connectivity index (χ3v) is 1.83. The second kappa shape index (κ2) is 5.46. The Morgan fingerprint density at radius 3 is 2.75 bits per heavy atom. The zero-order valence-corrected chi connectivity index (χ0v) is 8.62. The molecule has 1 rings (SSSR count). The standard InChI is InChI=1S/C10H7ClF2O3/c11-7-2-3-8(16-10(12)13)6(5-7)1-4-9(14)15/h1-5,10H,(H,14,15)/b4-1-. The fraction of sp³-hybridized carbons (Fsp3) is 0.100. The summed E-state index contributed by atoms with van der Waals surface area (Å²) < 4.78 is 28.2. The maximum atomic E-state index is 12.0. The molecule has 3 nitrogen and oxygen atoms in total. The molecular weight excluding hydrogens is 242 g/mol. The predicted octanol–water partition coefficient (Wildman–Crippen LogP) is 3.04. The van der Waals surface area contributed by atoms with Crippen molar-refractivity contribution in [1.29, 1.82) is 0 Å². The van der Waals surface area contributed by atoms with Gasteiger partial charge in [0.25, 0.3) is 0 Å². The first-order valence-electron chi connectivity index (χ1n) is 4.14. The SMILES string of the molecule is O=C(O)/C=C\c1cc(Cl)ccc1OC(F)F. The van der Waals surface area contributed by atoms with Gasteiger partial charge in [0, 0.05) is 16.7 Å². The van der Waals surface area contributed by atoms with E-state index < -0.39 is 12.6 Å². The van der Waals surface area contributed by atoms with Crippen molar-refractivity contribution in [2.24, 2.45) is 0 Å². The van der Waals surface area contributed by atoms with Crippen molar-refractivity contribution < 1.29 is 23.4 Å². The summed E-state index contributed by atoms with van der Waals surface area (Å²) >= 11 is 5.64. The number of carbonyl (C=O) groups is 1. The number of rotatable bonds is 4. The molecule has 1 aromatic rings. The van der Waals surface area contributed by atoms with Crippen molar-refractivity contribution in [2.75, 3.05) is 0 Å². The van der Waals surface area contributed by atoms with E-state index in [0.29, 0.717) is 5.02 Å². The highest BCUT2D eigenvalue weighted by Gasteiger charge is 2.08. The zero-order chi connectivity index (χ0) is 12.1. The summed E-state index contributed by atoms with van der Waals surface area (Å²) in [4.78, 5) is 10.3. The molecule has 0 saturated carbocycles. The smallest absolute Gasteiger partial charge is 0.387 e. The molecule has 0 radical (unpaired) electrons. The van der Waals surface area contributed by atoms with Crippen LogP contribution in [0.4, 0.5) is 8.78 Å². The maximum absolute atomic E-state index is 12.0. The van der Waals surface area contributed by atoms with Gasteiger partial charge in [-0.25, -0.2) is 4.79 Å². The Balaban J connectivity index is 3.03. The van der Waals surface area contributed by atoms with Crippen molar-refractivity contribution in [3.63, 3.8) is 0 Å². The number of hydrogen-bond acceptors (Lipinski definition) is 2. The molecule has 86 valence electrons. The molecule has 0 spiro atoms. The molecule has 0 aliphatic heterocycles. The number of alkyl halides is 2. The molecular formula is C10H7ClF2O3. The molecule has 6 heteroatoms. The van der Waals surface area contributed by atoms with Crippen LogP contribution in [0.15, 0.2) is 24.3 Å². The minimum absolute atomic E-state index is 0.128. The summed E-state index contributed by atoms with van der Waals surface area (Å²) in [5, 5.41) is 8.71. The Morgan fingerprint density at radius 1 is 1.50 bits per heavy atom. The number of hydrogen-bond donors (Lipinski definition) is 1. The third kappa shape index (κ3) is 3.86. The van der Waals surface area contributed by atoms with Gasteiger partial charge >= 0.3 is 12.6 Å². The van der Waals surface area contributed by atoms with Gasteiger partial charge in [-0.2, -0.15) is 8.78 Å². The number of carboxylic acid groups (broad SMARTS) is 1. The molecule has 1 aromatic carbocycles. The van der Waals surface area contributed by atoms with E-state index in [1.54, 1.807) is 0 Å². The van der Waals surface area contributed by atoms with E-state index in [1.807, 2.05) is 0 Å². The minimum atomic E-state index is -2.97. The maximum Gasteiger partial charge on any atom is 0.387 e. The third-order valence-electron chi connectivity index (χ3n) is 1.59. The first kappa shape index (κ1) is 12.4. The Labute approximate surface area is 94.9 Å². The van der Waals surface area contributed by atoms with Crippen LogP contribution >= 0.6 is 11.6 Å². The van der Waals surface area contributed by atoms with E-state index in [-0.39, 0.29) is 11.3 Å². The summed E-state index contributed by atoms with van der Waals surface area (Å²) in [6.45, 7) is -2.97. The number of halogens is 3. The second-order valence-corrected chi connectivity index (χ2v) is 3.17. The topological polar surface area (TPSA) is 46.5 Å². The largest absolute Gasteiger partial charge is 0.478 e. The van der Waals surface area contributed by atoms with Gasteiger partial charge in [-0.1, -0.05) is 11.6 Å². The van der Waals surface area contributed by atoms with Crippen molar-refractivity contribution in [3.8, 4) is 5.75 Å². The summed E-state index contributed by atoms with van der Waals surface area (Å²) in [7, 11) is 0. The summed E-state index contributed by atoms with van der Waals surface area (Å²) in [5.41, 5.74) is 0.176. The monoisotopic (exact) mass is 248 g/mol. The highest BCUT2D eigenvalue weighted by Crippen LogP contribution is 2.25. The predicted molar refractivity (Wildman–Crippen MR) is 54.8 cm³/mol. The Morgan fingerprint density at radius 2 is 2.19 bits per heavy atom. The molecule has 0 saturated heterocycles. The molecule has 0 atom stereocenters. The first-order valence-corrected chi connectivity index (χ1v) is 4.52. The van der Waals surface area contributed by atoms with Gasteiger partial charge in [-0.05, 0) is 24.3 Å². The van der Waals surface area contributed by atoms with Crippen LogP contribution in [-0.4, -0.2) is 17.7 Å². The summed E-state index contributed by atoms with van der Waals surface area (Å²) in [5.74, 6) is -1.32.